The quantitative estimate of drug-likeness (QED) is 0.747. The van der Waals surface area contributed by atoms with Crippen LogP contribution in [0.4, 0.5) is 10.1 Å². The van der Waals surface area contributed by atoms with E-state index in [1.54, 1.807) is 0 Å². The first-order valence-corrected chi connectivity index (χ1v) is 9.37. The van der Waals surface area contributed by atoms with Gasteiger partial charge < -0.3 is 10.4 Å². The molecule has 9 heteroatoms. The third kappa shape index (κ3) is 4.89. The summed E-state index contributed by atoms with van der Waals surface area (Å²) in [5, 5.41) is 20.2. The zero-order valence-electron chi connectivity index (χ0n) is 14.5. The molecule has 0 spiro atoms. The van der Waals surface area contributed by atoms with Gasteiger partial charge in [0.1, 0.15) is 5.82 Å². The highest BCUT2D eigenvalue weighted by atomic mass is 32.2. The molecule has 0 unspecified atom stereocenters. The summed E-state index contributed by atoms with van der Waals surface area (Å²) < 4.78 is 39.4. The number of likely N-dealkylation sites (N-methyl/N-ethyl adjacent to an activating group) is 1. The van der Waals surface area contributed by atoms with Gasteiger partial charge in [-0.15, -0.1) is 0 Å². The summed E-state index contributed by atoms with van der Waals surface area (Å²) in [6, 6.07) is 11.1. The lowest BCUT2D eigenvalue weighted by atomic mass is 10.1. The first kappa shape index (κ1) is 20.5. The van der Waals surface area contributed by atoms with Gasteiger partial charge in [0, 0.05) is 30.4 Å². The van der Waals surface area contributed by atoms with Crippen LogP contribution in [0.15, 0.2) is 47.4 Å². The number of nitrogens with one attached hydrogen (secondary N) is 1. The monoisotopic (exact) mass is 391 g/mol. The Morgan fingerprint density at radius 2 is 2.04 bits per heavy atom. The maximum absolute atomic E-state index is 13.6. The van der Waals surface area contributed by atoms with Crippen LogP contribution in [0.5, 0.6) is 0 Å². The fourth-order valence-corrected chi connectivity index (χ4v) is 3.52. The normalized spacial score (nSPS) is 11.2. The van der Waals surface area contributed by atoms with Gasteiger partial charge in [0.15, 0.2) is 0 Å². The zero-order chi connectivity index (χ0) is 20.0. The molecule has 2 aromatic rings. The van der Waals surface area contributed by atoms with Crippen molar-refractivity contribution in [1.82, 2.24) is 4.31 Å². The minimum atomic E-state index is -3.84. The number of carbonyl (C=O) groups excluding carboxylic acids is 1. The van der Waals surface area contributed by atoms with Crippen molar-refractivity contribution in [2.75, 3.05) is 25.5 Å². The molecule has 142 valence electrons. The topological polar surface area (TPSA) is 110 Å². The molecule has 2 N–H and O–H groups in total. The van der Waals surface area contributed by atoms with Gasteiger partial charge in [0.2, 0.25) is 10.0 Å². The Morgan fingerprint density at radius 1 is 1.30 bits per heavy atom. The molecular weight excluding hydrogens is 373 g/mol. The predicted molar refractivity (Wildman–Crippen MR) is 97.0 cm³/mol. The molecule has 0 aliphatic heterocycles. The van der Waals surface area contributed by atoms with Gasteiger partial charge in [-0.25, -0.2) is 12.8 Å². The number of aliphatic hydroxyl groups excluding tert-OH is 1. The maximum Gasteiger partial charge on any atom is 0.255 e. The fraction of sp³-hybridized carbons (Fsp3) is 0.222. The second kappa shape index (κ2) is 8.73. The zero-order valence-corrected chi connectivity index (χ0v) is 15.3. The minimum absolute atomic E-state index is 0.0734. The van der Waals surface area contributed by atoms with Crippen molar-refractivity contribution in [3.63, 3.8) is 0 Å². The van der Waals surface area contributed by atoms with Gasteiger partial charge in [-0.1, -0.05) is 6.07 Å². The average molecular weight is 391 g/mol. The maximum atomic E-state index is 13.6. The highest BCUT2D eigenvalue weighted by Crippen LogP contribution is 2.19. The Bertz CT molecular complexity index is 986. The van der Waals surface area contributed by atoms with E-state index in [2.05, 4.69) is 5.32 Å². The van der Waals surface area contributed by atoms with Crippen LogP contribution < -0.4 is 5.32 Å². The molecule has 27 heavy (non-hydrogen) atoms. The molecule has 0 aromatic heterocycles. The molecule has 0 aliphatic rings. The lowest BCUT2D eigenvalue weighted by molar-refractivity contribution is 0.102. The van der Waals surface area contributed by atoms with Crippen molar-refractivity contribution in [2.24, 2.45) is 0 Å². The number of carbonyl (C=O) groups is 1. The first-order chi connectivity index (χ1) is 12.8. The van der Waals surface area contributed by atoms with E-state index in [4.69, 9.17) is 10.4 Å². The van der Waals surface area contributed by atoms with Gasteiger partial charge >= 0.3 is 0 Å². The molecule has 0 radical (unpaired) electrons. The lowest BCUT2D eigenvalue weighted by Crippen LogP contribution is -2.29. The summed E-state index contributed by atoms with van der Waals surface area (Å²) in [5.41, 5.74) is 0.536. The van der Waals surface area contributed by atoms with Gasteiger partial charge in [0.25, 0.3) is 5.91 Å². The number of halogens is 1. The third-order valence-corrected chi connectivity index (χ3v) is 5.65. The molecule has 0 aliphatic carbocycles. The molecular formula is C18H18FN3O4S. The van der Waals surface area contributed by atoms with E-state index in [-0.39, 0.29) is 41.3 Å². The smallest absolute Gasteiger partial charge is 0.255 e. The molecule has 0 bridgehead atoms. The summed E-state index contributed by atoms with van der Waals surface area (Å²) in [5.74, 6) is -1.12. The highest BCUT2D eigenvalue weighted by molar-refractivity contribution is 7.89. The van der Waals surface area contributed by atoms with Crippen molar-refractivity contribution in [3.8, 4) is 6.07 Å². The number of hydrogen-bond donors (Lipinski definition) is 2. The van der Waals surface area contributed by atoms with Gasteiger partial charge in [-0.2, -0.15) is 9.57 Å². The number of sulfonamides is 1. The van der Waals surface area contributed by atoms with Crippen molar-refractivity contribution >= 4 is 21.6 Å². The van der Waals surface area contributed by atoms with E-state index in [9.17, 15) is 17.6 Å². The average Bonchev–Trinajstić information content (AvgIpc) is 2.65. The van der Waals surface area contributed by atoms with Crippen LogP contribution in [0.2, 0.25) is 0 Å². The van der Waals surface area contributed by atoms with Crippen LogP contribution in [-0.4, -0.2) is 43.9 Å². The Hall–Kier alpha value is -2.80. The second-order valence-electron chi connectivity index (χ2n) is 5.67. The van der Waals surface area contributed by atoms with Crippen molar-refractivity contribution in [1.29, 1.82) is 5.26 Å². The van der Waals surface area contributed by atoms with Crippen LogP contribution in [0.25, 0.3) is 0 Å². The van der Waals surface area contributed by atoms with E-state index in [0.717, 1.165) is 10.4 Å². The van der Waals surface area contributed by atoms with Gasteiger partial charge in [-0.3, -0.25) is 4.79 Å². The SMILES string of the molecule is CN(CCO)S(=O)(=O)c1cccc(C(=O)Nc2ccc(F)c(CC#N)c2)c1. The van der Waals surface area contributed by atoms with E-state index in [1.165, 1.54) is 43.4 Å². The fourth-order valence-electron chi connectivity index (χ4n) is 2.32. The van der Waals surface area contributed by atoms with E-state index in [0.29, 0.717) is 0 Å². The largest absolute Gasteiger partial charge is 0.395 e. The Kier molecular flexibility index (Phi) is 6.63. The number of aliphatic hydroxyl groups is 1. The Morgan fingerprint density at radius 3 is 2.70 bits per heavy atom. The number of nitriles is 1. The molecule has 7 nitrogen and oxygen atoms in total. The molecule has 0 saturated heterocycles. The number of hydrogen-bond acceptors (Lipinski definition) is 5. The lowest BCUT2D eigenvalue weighted by Gasteiger charge is -2.16. The number of anilines is 1. The number of nitrogens with zero attached hydrogens (tertiary/aromatic N) is 2. The highest BCUT2D eigenvalue weighted by Gasteiger charge is 2.21. The molecule has 0 saturated carbocycles. The van der Waals surface area contributed by atoms with Gasteiger partial charge in [-0.05, 0) is 36.4 Å². The van der Waals surface area contributed by atoms with Crippen molar-refractivity contribution in [2.45, 2.75) is 11.3 Å². The van der Waals surface area contributed by atoms with Gasteiger partial charge in [0.05, 0.1) is 24.0 Å². The van der Waals surface area contributed by atoms with Crippen molar-refractivity contribution in [3.05, 3.63) is 59.4 Å². The van der Waals surface area contributed by atoms with E-state index < -0.39 is 21.7 Å². The predicted octanol–water partition coefficient (Wildman–Crippen LogP) is 1.76. The summed E-state index contributed by atoms with van der Waals surface area (Å²) in [6.07, 6.45) is -0.138. The van der Waals surface area contributed by atoms with Crippen LogP contribution in [0.1, 0.15) is 15.9 Å². The van der Waals surface area contributed by atoms with Crippen LogP contribution in [0, 0.1) is 17.1 Å². The Labute approximate surface area is 156 Å². The van der Waals surface area contributed by atoms with E-state index >= 15 is 0 Å². The van der Waals surface area contributed by atoms with Crippen LogP contribution >= 0.6 is 0 Å². The molecule has 0 atom stereocenters. The second-order valence-corrected chi connectivity index (χ2v) is 7.72. The molecule has 0 heterocycles. The standard InChI is InChI=1S/C18H18FN3O4S/c1-22(9-10-23)27(25,26)16-4-2-3-14(12-16)18(24)21-15-5-6-17(19)13(11-15)7-8-20/h2-6,11-12,23H,7,9-10H2,1H3,(H,21,24). The number of rotatable bonds is 7. The molecule has 2 aromatic carbocycles. The number of amides is 1. The molecule has 2 rings (SSSR count). The summed E-state index contributed by atoms with van der Waals surface area (Å²) in [4.78, 5) is 12.3. The first-order valence-electron chi connectivity index (χ1n) is 7.93. The van der Waals surface area contributed by atoms with Crippen LogP contribution in [-0.2, 0) is 16.4 Å². The molecule has 1 amide bonds. The number of benzene rings is 2. The summed E-state index contributed by atoms with van der Waals surface area (Å²) in [7, 11) is -2.52. The minimum Gasteiger partial charge on any atom is -0.395 e. The van der Waals surface area contributed by atoms with Crippen molar-refractivity contribution < 1.29 is 22.7 Å². The van der Waals surface area contributed by atoms with E-state index in [1.807, 2.05) is 6.07 Å². The molecule has 0 fully saturated rings. The Balaban J connectivity index is 2.26. The summed E-state index contributed by atoms with van der Waals surface area (Å²) in [6.45, 7) is -0.401. The third-order valence-electron chi connectivity index (χ3n) is 3.79. The van der Waals surface area contributed by atoms with Crippen LogP contribution in [0.3, 0.4) is 0 Å². The summed E-state index contributed by atoms with van der Waals surface area (Å²) >= 11 is 0.